The maximum atomic E-state index is 11.6. The Morgan fingerprint density at radius 2 is 2.11 bits per heavy atom. The van der Waals surface area contributed by atoms with E-state index < -0.39 is 12.0 Å². The molecular formula is C9H6ClN5O3S. The number of halogens is 1. The number of hydrogen-bond acceptors (Lipinski definition) is 6. The predicted octanol–water partition coefficient (Wildman–Crippen LogP) is 1.93. The molecule has 0 aliphatic rings. The summed E-state index contributed by atoms with van der Waals surface area (Å²) in [5.74, 6) is -1.24. The topological polar surface area (TPSA) is 117 Å². The van der Waals surface area contributed by atoms with E-state index in [2.05, 4.69) is 25.4 Å². The van der Waals surface area contributed by atoms with Gasteiger partial charge >= 0.3 is 12.0 Å². The zero-order valence-electron chi connectivity index (χ0n) is 9.12. The molecule has 1 heterocycles. The van der Waals surface area contributed by atoms with Gasteiger partial charge in [0, 0.05) is 11.5 Å². The number of carbonyl (C=O) groups excluding carboxylic acids is 1. The number of aromatic carboxylic acids is 1. The van der Waals surface area contributed by atoms with E-state index >= 15 is 0 Å². The maximum absolute atomic E-state index is 11.6. The minimum atomic E-state index is -1.24. The average Bonchev–Trinajstić information content (AvgIpc) is 2.81. The van der Waals surface area contributed by atoms with Crippen molar-refractivity contribution in [1.29, 1.82) is 0 Å². The minimum absolute atomic E-state index is 0.0304. The van der Waals surface area contributed by atoms with Crippen LogP contribution in [-0.4, -0.2) is 31.9 Å². The van der Waals surface area contributed by atoms with Crippen molar-refractivity contribution in [2.24, 2.45) is 0 Å². The van der Waals surface area contributed by atoms with Crippen molar-refractivity contribution in [3.63, 3.8) is 0 Å². The molecule has 10 heteroatoms. The lowest BCUT2D eigenvalue weighted by Gasteiger charge is -2.09. The maximum Gasteiger partial charge on any atom is 0.339 e. The molecule has 0 aliphatic heterocycles. The highest BCUT2D eigenvalue weighted by Gasteiger charge is 2.16. The van der Waals surface area contributed by atoms with Gasteiger partial charge in [-0.15, -0.1) is 0 Å². The highest BCUT2D eigenvalue weighted by Crippen LogP contribution is 2.24. The third-order valence-corrected chi connectivity index (χ3v) is 2.82. The van der Waals surface area contributed by atoms with E-state index in [1.54, 1.807) is 0 Å². The van der Waals surface area contributed by atoms with Crippen molar-refractivity contribution in [2.75, 3.05) is 10.6 Å². The van der Waals surface area contributed by atoms with E-state index in [9.17, 15) is 9.59 Å². The molecule has 0 aliphatic carbocycles. The van der Waals surface area contributed by atoms with Crippen molar-refractivity contribution >= 4 is 46.0 Å². The molecule has 2 aromatic rings. The second-order valence-electron chi connectivity index (χ2n) is 3.21. The van der Waals surface area contributed by atoms with Crippen LogP contribution in [0.4, 0.5) is 15.6 Å². The number of nitrogens with zero attached hydrogens (tertiary/aromatic N) is 3. The van der Waals surface area contributed by atoms with Gasteiger partial charge in [-0.25, -0.2) is 9.59 Å². The molecular weight excluding hydrogens is 294 g/mol. The van der Waals surface area contributed by atoms with Gasteiger partial charge in [0.25, 0.3) is 0 Å². The van der Waals surface area contributed by atoms with Gasteiger partial charge in [-0.1, -0.05) is 27.3 Å². The first-order valence-corrected chi connectivity index (χ1v) is 5.98. The van der Waals surface area contributed by atoms with Crippen LogP contribution >= 0.6 is 23.1 Å². The zero-order chi connectivity index (χ0) is 13.8. The Hall–Kier alpha value is -2.26. The second-order valence-corrected chi connectivity index (χ2v) is 4.35. The fourth-order valence-electron chi connectivity index (χ4n) is 1.28. The van der Waals surface area contributed by atoms with Gasteiger partial charge in [0.2, 0.25) is 5.13 Å². The van der Waals surface area contributed by atoms with E-state index in [4.69, 9.17) is 16.7 Å². The summed E-state index contributed by atoms with van der Waals surface area (Å²) in [4.78, 5) is 22.7. The van der Waals surface area contributed by atoms with Crippen LogP contribution < -0.4 is 10.6 Å². The highest BCUT2D eigenvalue weighted by atomic mass is 35.5. The van der Waals surface area contributed by atoms with Crippen LogP contribution in [0.15, 0.2) is 18.2 Å². The molecule has 1 aromatic heterocycles. The smallest absolute Gasteiger partial charge is 0.339 e. The van der Waals surface area contributed by atoms with E-state index in [1.807, 2.05) is 0 Å². The molecule has 2 amide bonds. The van der Waals surface area contributed by atoms with Gasteiger partial charge in [-0.3, -0.25) is 5.32 Å². The minimum Gasteiger partial charge on any atom is -0.478 e. The van der Waals surface area contributed by atoms with Crippen LogP contribution in [0.2, 0.25) is 5.02 Å². The SMILES string of the molecule is O=C(Nc1nnns1)Nc1cccc(Cl)c1C(=O)O. The Morgan fingerprint density at radius 1 is 1.32 bits per heavy atom. The molecule has 2 rings (SSSR count). The summed E-state index contributed by atoms with van der Waals surface area (Å²) in [6.45, 7) is 0. The largest absolute Gasteiger partial charge is 0.478 e. The first kappa shape index (κ1) is 13.2. The Kier molecular flexibility index (Phi) is 3.88. The predicted molar refractivity (Wildman–Crippen MR) is 68.8 cm³/mol. The van der Waals surface area contributed by atoms with Gasteiger partial charge in [-0.2, -0.15) is 0 Å². The molecule has 0 saturated carbocycles. The third-order valence-electron chi connectivity index (χ3n) is 2.00. The number of carbonyl (C=O) groups is 2. The summed E-state index contributed by atoms with van der Waals surface area (Å²) in [5, 5.41) is 20.8. The summed E-state index contributed by atoms with van der Waals surface area (Å²) in [6, 6.07) is 3.70. The average molecular weight is 300 g/mol. The van der Waals surface area contributed by atoms with Gasteiger partial charge < -0.3 is 10.4 Å². The molecule has 0 fully saturated rings. The van der Waals surface area contributed by atoms with Crippen LogP contribution in [-0.2, 0) is 0 Å². The zero-order valence-corrected chi connectivity index (χ0v) is 10.7. The Labute approximate surface area is 115 Å². The lowest BCUT2D eigenvalue weighted by molar-refractivity contribution is 0.0698. The lowest BCUT2D eigenvalue weighted by Crippen LogP contribution is -2.21. The Bertz CT molecular complexity index is 618. The fourth-order valence-corrected chi connectivity index (χ4v) is 1.90. The standard InChI is InChI=1S/C9H6ClN5O3S/c10-4-2-1-3-5(6(4)7(16)17)11-8(18)12-9-13-14-15-19-9/h1-3H,(H,16,17)(H2,11,12,13,15,18). The Balaban J connectivity index is 2.17. The van der Waals surface area contributed by atoms with E-state index in [1.165, 1.54) is 18.2 Å². The number of aromatic nitrogens is 3. The van der Waals surface area contributed by atoms with E-state index in [0.29, 0.717) is 0 Å². The number of urea groups is 1. The number of amides is 2. The van der Waals surface area contributed by atoms with E-state index in [-0.39, 0.29) is 21.4 Å². The number of benzene rings is 1. The number of nitrogens with one attached hydrogen (secondary N) is 2. The van der Waals surface area contributed by atoms with Crippen molar-refractivity contribution in [2.45, 2.75) is 0 Å². The normalized spacial score (nSPS) is 9.95. The summed E-state index contributed by atoms with van der Waals surface area (Å²) in [5.41, 5.74) is -0.107. The Morgan fingerprint density at radius 3 is 2.74 bits per heavy atom. The number of rotatable bonds is 3. The molecule has 19 heavy (non-hydrogen) atoms. The molecule has 8 nitrogen and oxygen atoms in total. The van der Waals surface area contributed by atoms with Crippen LogP contribution in [0.5, 0.6) is 0 Å². The number of hydrogen-bond donors (Lipinski definition) is 3. The quantitative estimate of drug-likeness (QED) is 0.797. The first-order chi connectivity index (χ1) is 9.08. The van der Waals surface area contributed by atoms with Crippen LogP contribution in [0, 0.1) is 0 Å². The fraction of sp³-hybridized carbons (Fsp3) is 0. The number of carboxylic acids is 1. The molecule has 98 valence electrons. The summed E-state index contributed by atoms with van der Waals surface area (Å²) in [6.07, 6.45) is 0. The number of carboxylic acid groups (broad SMARTS) is 1. The van der Waals surface area contributed by atoms with Crippen LogP contribution in [0.1, 0.15) is 10.4 Å². The lowest BCUT2D eigenvalue weighted by atomic mass is 10.2. The monoisotopic (exact) mass is 299 g/mol. The molecule has 3 N–H and O–H groups in total. The van der Waals surface area contributed by atoms with Crippen LogP contribution in [0.25, 0.3) is 0 Å². The molecule has 0 bridgehead atoms. The van der Waals surface area contributed by atoms with E-state index in [0.717, 1.165) is 11.5 Å². The third kappa shape index (κ3) is 3.14. The molecule has 0 saturated heterocycles. The molecule has 1 aromatic carbocycles. The summed E-state index contributed by atoms with van der Waals surface area (Å²) < 4.78 is 3.47. The van der Waals surface area contributed by atoms with Crippen LogP contribution in [0.3, 0.4) is 0 Å². The second kappa shape index (κ2) is 5.59. The van der Waals surface area contributed by atoms with Crippen molar-refractivity contribution in [3.8, 4) is 0 Å². The van der Waals surface area contributed by atoms with Gasteiger partial charge in [0.15, 0.2) is 0 Å². The molecule has 0 unspecified atom stereocenters. The summed E-state index contributed by atoms with van der Waals surface area (Å²) >= 11 is 6.66. The number of anilines is 2. The first-order valence-electron chi connectivity index (χ1n) is 4.83. The van der Waals surface area contributed by atoms with Gasteiger partial charge in [0.1, 0.15) is 5.56 Å². The molecule has 0 atom stereocenters. The molecule has 0 spiro atoms. The molecule has 0 radical (unpaired) electrons. The highest BCUT2D eigenvalue weighted by molar-refractivity contribution is 7.09. The van der Waals surface area contributed by atoms with Gasteiger partial charge in [-0.05, 0) is 17.3 Å². The van der Waals surface area contributed by atoms with Crippen molar-refractivity contribution < 1.29 is 14.7 Å². The van der Waals surface area contributed by atoms with Gasteiger partial charge in [0.05, 0.1) is 10.7 Å². The van der Waals surface area contributed by atoms with Crippen molar-refractivity contribution in [3.05, 3.63) is 28.8 Å². The van der Waals surface area contributed by atoms with Crippen molar-refractivity contribution in [1.82, 2.24) is 14.8 Å². The summed E-state index contributed by atoms with van der Waals surface area (Å²) in [7, 11) is 0.